The molecular weight excluding hydrogens is 308 g/mol. The Labute approximate surface area is 143 Å². The molecule has 1 aromatic carbocycles. The monoisotopic (exact) mass is 336 g/mol. The summed E-state index contributed by atoms with van der Waals surface area (Å²) in [6.07, 6.45) is 4.45. The van der Waals surface area contributed by atoms with E-state index >= 15 is 0 Å². The number of rotatable bonds is 8. The Morgan fingerprint density at radius 2 is 1.54 bits per heavy atom. The van der Waals surface area contributed by atoms with E-state index in [-0.39, 0.29) is 12.1 Å². The lowest BCUT2D eigenvalue weighted by Gasteiger charge is -2.18. The summed E-state index contributed by atoms with van der Waals surface area (Å²) in [6.45, 7) is 7.24. The van der Waals surface area contributed by atoms with Crippen molar-refractivity contribution in [2.24, 2.45) is 0 Å². The fourth-order valence-electron chi connectivity index (χ4n) is 2.88. The zero-order chi connectivity index (χ0) is 17.4. The maximum absolute atomic E-state index is 12.2. The van der Waals surface area contributed by atoms with Crippen molar-refractivity contribution in [2.45, 2.75) is 52.5 Å². The highest BCUT2D eigenvalue weighted by atomic mass is 16.5. The fourth-order valence-corrected chi connectivity index (χ4v) is 2.88. The summed E-state index contributed by atoms with van der Waals surface area (Å²) in [4.78, 5) is 12.2. The lowest BCUT2D eigenvalue weighted by Crippen LogP contribution is -2.36. The average Bonchev–Trinajstić information content (AvgIpc) is 3.04. The van der Waals surface area contributed by atoms with E-state index in [0.29, 0.717) is 42.8 Å². The fraction of sp³-hybridized carbons (Fsp3) is 0.611. The normalized spacial score (nSPS) is 14.3. The molecule has 2 amide bonds. The molecule has 0 saturated heterocycles. The zero-order valence-electron chi connectivity index (χ0n) is 14.8. The SMILES string of the molecule is CCOc1cc(NC(=O)NC2CCCC2)cc(OCC)c1OCC. The summed E-state index contributed by atoms with van der Waals surface area (Å²) in [5, 5.41) is 5.88. The van der Waals surface area contributed by atoms with Crippen LogP contribution in [0.15, 0.2) is 12.1 Å². The van der Waals surface area contributed by atoms with Crippen molar-refractivity contribution >= 4 is 11.7 Å². The van der Waals surface area contributed by atoms with Gasteiger partial charge in [0, 0.05) is 18.2 Å². The molecule has 0 spiro atoms. The largest absolute Gasteiger partial charge is 0.490 e. The van der Waals surface area contributed by atoms with Crippen LogP contribution in [-0.4, -0.2) is 31.9 Å². The molecule has 1 aliphatic carbocycles. The second-order valence-electron chi connectivity index (χ2n) is 5.68. The molecule has 0 unspecified atom stereocenters. The molecule has 1 fully saturated rings. The van der Waals surface area contributed by atoms with Crippen LogP contribution in [0.25, 0.3) is 0 Å². The van der Waals surface area contributed by atoms with Crippen LogP contribution < -0.4 is 24.8 Å². The predicted molar refractivity (Wildman–Crippen MR) is 94.4 cm³/mol. The minimum absolute atomic E-state index is 0.198. The summed E-state index contributed by atoms with van der Waals surface area (Å²) >= 11 is 0. The minimum atomic E-state index is -0.198. The van der Waals surface area contributed by atoms with Gasteiger partial charge in [-0.05, 0) is 33.6 Å². The number of hydrogen-bond acceptors (Lipinski definition) is 4. The van der Waals surface area contributed by atoms with Gasteiger partial charge in [0.2, 0.25) is 5.75 Å². The summed E-state index contributed by atoms with van der Waals surface area (Å²) in [6, 6.07) is 3.61. The van der Waals surface area contributed by atoms with Crippen LogP contribution in [0.3, 0.4) is 0 Å². The van der Waals surface area contributed by atoms with Crippen molar-refractivity contribution in [1.82, 2.24) is 5.32 Å². The van der Waals surface area contributed by atoms with Crippen LogP contribution in [0.4, 0.5) is 10.5 Å². The van der Waals surface area contributed by atoms with Crippen LogP contribution >= 0.6 is 0 Å². The van der Waals surface area contributed by atoms with Gasteiger partial charge in [0.25, 0.3) is 0 Å². The Morgan fingerprint density at radius 3 is 2.04 bits per heavy atom. The molecule has 1 aliphatic rings. The number of anilines is 1. The number of ether oxygens (including phenoxy) is 3. The second-order valence-corrected chi connectivity index (χ2v) is 5.68. The first-order chi connectivity index (χ1) is 11.7. The van der Waals surface area contributed by atoms with E-state index in [2.05, 4.69) is 10.6 Å². The predicted octanol–water partition coefficient (Wildman–Crippen LogP) is 3.95. The Bertz CT molecular complexity index is 515. The van der Waals surface area contributed by atoms with Crippen molar-refractivity contribution in [3.63, 3.8) is 0 Å². The van der Waals surface area contributed by atoms with Gasteiger partial charge in [-0.2, -0.15) is 0 Å². The molecule has 2 N–H and O–H groups in total. The Hall–Kier alpha value is -2.11. The first-order valence-corrected chi connectivity index (χ1v) is 8.81. The first kappa shape index (κ1) is 18.2. The molecule has 2 rings (SSSR count). The third kappa shape index (κ3) is 4.94. The topological polar surface area (TPSA) is 68.8 Å². The van der Waals surface area contributed by atoms with Gasteiger partial charge in [-0.25, -0.2) is 4.79 Å². The van der Waals surface area contributed by atoms with Gasteiger partial charge in [-0.1, -0.05) is 12.8 Å². The Balaban J connectivity index is 2.16. The van der Waals surface area contributed by atoms with Crippen LogP contribution in [0.1, 0.15) is 46.5 Å². The molecule has 0 aliphatic heterocycles. The number of hydrogen-bond donors (Lipinski definition) is 2. The zero-order valence-corrected chi connectivity index (χ0v) is 14.8. The third-order valence-electron chi connectivity index (χ3n) is 3.86. The molecule has 134 valence electrons. The standard InChI is InChI=1S/C18H28N2O4/c1-4-22-15-11-14(12-16(23-5-2)17(15)24-6-3)20-18(21)19-13-9-7-8-10-13/h11-13H,4-10H2,1-3H3,(H2,19,20,21). The minimum Gasteiger partial charge on any atom is -0.490 e. The quantitative estimate of drug-likeness (QED) is 0.754. The molecule has 6 heteroatoms. The van der Waals surface area contributed by atoms with Gasteiger partial charge in [0.15, 0.2) is 11.5 Å². The van der Waals surface area contributed by atoms with Crippen molar-refractivity contribution in [3.05, 3.63) is 12.1 Å². The second kappa shape index (κ2) is 9.25. The molecule has 6 nitrogen and oxygen atoms in total. The smallest absolute Gasteiger partial charge is 0.319 e. The maximum atomic E-state index is 12.2. The van der Waals surface area contributed by atoms with Crippen LogP contribution in [0, 0.1) is 0 Å². The highest BCUT2D eigenvalue weighted by Crippen LogP contribution is 2.40. The summed E-state index contributed by atoms with van der Waals surface area (Å²) in [5.74, 6) is 1.71. The van der Waals surface area contributed by atoms with Gasteiger partial charge in [0.05, 0.1) is 25.5 Å². The van der Waals surface area contributed by atoms with E-state index in [4.69, 9.17) is 14.2 Å². The Morgan fingerprint density at radius 1 is 1.00 bits per heavy atom. The highest BCUT2D eigenvalue weighted by molar-refractivity contribution is 5.90. The molecule has 24 heavy (non-hydrogen) atoms. The lowest BCUT2D eigenvalue weighted by atomic mass is 10.2. The van der Waals surface area contributed by atoms with Crippen molar-refractivity contribution < 1.29 is 19.0 Å². The van der Waals surface area contributed by atoms with E-state index in [1.54, 1.807) is 12.1 Å². The number of carbonyl (C=O) groups is 1. The van der Waals surface area contributed by atoms with Crippen LogP contribution in [-0.2, 0) is 0 Å². The lowest BCUT2D eigenvalue weighted by molar-refractivity contribution is 0.248. The number of amides is 2. The Kier molecular flexibility index (Phi) is 7.03. The highest BCUT2D eigenvalue weighted by Gasteiger charge is 2.19. The van der Waals surface area contributed by atoms with Gasteiger partial charge in [-0.3, -0.25) is 0 Å². The van der Waals surface area contributed by atoms with Crippen LogP contribution in [0.2, 0.25) is 0 Å². The van der Waals surface area contributed by atoms with E-state index in [1.165, 1.54) is 12.8 Å². The number of nitrogens with one attached hydrogen (secondary N) is 2. The molecule has 0 aromatic heterocycles. The summed E-state index contributed by atoms with van der Waals surface area (Å²) in [7, 11) is 0. The van der Waals surface area contributed by atoms with Gasteiger partial charge in [-0.15, -0.1) is 0 Å². The van der Waals surface area contributed by atoms with Crippen molar-refractivity contribution in [1.29, 1.82) is 0 Å². The summed E-state index contributed by atoms with van der Waals surface area (Å²) < 4.78 is 17.0. The van der Waals surface area contributed by atoms with E-state index in [1.807, 2.05) is 20.8 Å². The third-order valence-corrected chi connectivity index (χ3v) is 3.86. The summed E-state index contributed by atoms with van der Waals surface area (Å²) in [5.41, 5.74) is 0.626. The molecule has 1 aromatic rings. The van der Waals surface area contributed by atoms with E-state index in [0.717, 1.165) is 12.8 Å². The number of urea groups is 1. The molecular formula is C18H28N2O4. The van der Waals surface area contributed by atoms with Gasteiger partial charge in [0.1, 0.15) is 0 Å². The molecule has 1 saturated carbocycles. The van der Waals surface area contributed by atoms with E-state index < -0.39 is 0 Å². The van der Waals surface area contributed by atoms with Crippen LogP contribution in [0.5, 0.6) is 17.2 Å². The molecule has 0 heterocycles. The van der Waals surface area contributed by atoms with E-state index in [9.17, 15) is 4.79 Å². The molecule has 0 atom stereocenters. The first-order valence-electron chi connectivity index (χ1n) is 8.81. The van der Waals surface area contributed by atoms with Gasteiger partial charge < -0.3 is 24.8 Å². The van der Waals surface area contributed by atoms with Crippen molar-refractivity contribution in [2.75, 3.05) is 25.1 Å². The molecule has 0 bridgehead atoms. The average molecular weight is 336 g/mol. The molecule has 0 radical (unpaired) electrons. The van der Waals surface area contributed by atoms with Crippen molar-refractivity contribution in [3.8, 4) is 17.2 Å². The number of carbonyl (C=O) groups excluding carboxylic acids is 1. The maximum Gasteiger partial charge on any atom is 0.319 e. The number of benzene rings is 1. The van der Waals surface area contributed by atoms with Gasteiger partial charge >= 0.3 is 6.03 Å².